The van der Waals surface area contributed by atoms with Gasteiger partial charge in [0.25, 0.3) is 0 Å². The van der Waals surface area contributed by atoms with Crippen LogP contribution in [0.25, 0.3) is 0 Å². The molecule has 1 amide bonds. The van der Waals surface area contributed by atoms with Crippen molar-refractivity contribution in [3.63, 3.8) is 0 Å². The number of carbonyl (C=O) groups excluding carboxylic acids is 1. The van der Waals surface area contributed by atoms with E-state index in [2.05, 4.69) is 34.9 Å². The van der Waals surface area contributed by atoms with Crippen molar-refractivity contribution >= 4 is 17.7 Å². The van der Waals surface area contributed by atoms with E-state index < -0.39 is 0 Å². The maximum atomic E-state index is 12.1. The lowest BCUT2D eigenvalue weighted by atomic mass is 10.0. The lowest BCUT2D eigenvalue weighted by Crippen LogP contribution is -2.42. The molecular weight excluding hydrogens is 244 g/mol. The molecule has 2 unspecified atom stereocenters. The third kappa shape index (κ3) is 2.40. The highest BCUT2D eigenvalue weighted by atomic mass is 32.2. The fraction of sp³-hybridized carbons (Fsp3) is 0.500. The minimum absolute atomic E-state index is 0.0201. The lowest BCUT2D eigenvalue weighted by Gasteiger charge is -2.27. The average molecular weight is 262 g/mol. The first-order valence-electron chi connectivity index (χ1n) is 6.60. The van der Waals surface area contributed by atoms with E-state index in [9.17, 15) is 4.79 Å². The minimum atomic E-state index is 0.0201. The molecule has 1 fully saturated rings. The molecule has 0 aliphatic carbocycles. The Morgan fingerprint density at radius 1 is 1.33 bits per heavy atom. The Labute approximate surface area is 112 Å². The number of nitrogens with one attached hydrogen (secondary N) is 2. The predicted octanol–water partition coefficient (Wildman–Crippen LogP) is 2.09. The van der Waals surface area contributed by atoms with Gasteiger partial charge in [-0.2, -0.15) is 0 Å². The van der Waals surface area contributed by atoms with Crippen molar-refractivity contribution < 1.29 is 4.79 Å². The minimum Gasteiger partial charge on any atom is -0.348 e. The third-order valence-corrected chi connectivity index (χ3v) is 4.77. The first-order chi connectivity index (χ1) is 8.84. The Morgan fingerprint density at radius 3 is 3.06 bits per heavy atom. The van der Waals surface area contributed by atoms with Crippen molar-refractivity contribution in [2.75, 3.05) is 12.3 Å². The van der Waals surface area contributed by atoms with Crippen LogP contribution in [0, 0.1) is 0 Å². The maximum Gasteiger partial charge on any atom is 0.237 e. The highest BCUT2D eigenvalue weighted by Gasteiger charge is 2.27. The molecule has 0 spiro atoms. The third-order valence-electron chi connectivity index (χ3n) is 3.65. The van der Waals surface area contributed by atoms with Gasteiger partial charge in [-0.3, -0.25) is 4.79 Å². The van der Waals surface area contributed by atoms with Gasteiger partial charge in [-0.05, 0) is 37.4 Å². The van der Waals surface area contributed by atoms with Gasteiger partial charge in [-0.25, -0.2) is 0 Å². The number of rotatable bonds is 2. The van der Waals surface area contributed by atoms with E-state index in [-0.39, 0.29) is 18.0 Å². The van der Waals surface area contributed by atoms with E-state index in [1.807, 2.05) is 11.8 Å². The summed E-state index contributed by atoms with van der Waals surface area (Å²) < 4.78 is 0. The summed E-state index contributed by atoms with van der Waals surface area (Å²) in [5.41, 5.74) is 1.28. The Morgan fingerprint density at radius 2 is 2.22 bits per heavy atom. The molecule has 0 saturated carbocycles. The van der Waals surface area contributed by atoms with Crippen LogP contribution in [0.1, 0.15) is 30.9 Å². The van der Waals surface area contributed by atoms with E-state index in [0.717, 1.165) is 31.6 Å². The first-order valence-corrected chi connectivity index (χ1v) is 7.58. The molecular formula is C14H18N2OS. The van der Waals surface area contributed by atoms with Gasteiger partial charge in [-0.15, -0.1) is 11.8 Å². The molecule has 0 radical (unpaired) electrons. The molecule has 1 aromatic carbocycles. The molecule has 96 valence electrons. The number of amides is 1. The van der Waals surface area contributed by atoms with Crippen molar-refractivity contribution in [2.45, 2.75) is 36.2 Å². The van der Waals surface area contributed by atoms with Crippen molar-refractivity contribution in [3.05, 3.63) is 29.8 Å². The second kappa shape index (κ2) is 5.33. The smallest absolute Gasteiger partial charge is 0.237 e. The Hall–Kier alpha value is -1.00. The van der Waals surface area contributed by atoms with Crippen LogP contribution in [0.4, 0.5) is 0 Å². The molecule has 2 N–H and O–H groups in total. The van der Waals surface area contributed by atoms with Gasteiger partial charge < -0.3 is 10.6 Å². The van der Waals surface area contributed by atoms with Crippen LogP contribution in [0.5, 0.6) is 0 Å². The van der Waals surface area contributed by atoms with Crippen molar-refractivity contribution in [1.29, 1.82) is 0 Å². The number of thioether (sulfide) groups is 1. The van der Waals surface area contributed by atoms with Crippen molar-refractivity contribution in [1.82, 2.24) is 10.6 Å². The van der Waals surface area contributed by atoms with Gasteiger partial charge in [0.15, 0.2) is 0 Å². The molecule has 2 heterocycles. The number of fused-ring (bicyclic) bond motifs is 1. The predicted molar refractivity (Wildman–Crippen MR) is 73.7 cm³/mol. The van der Waals surface area contributed by atoms with Crippen LogP contribution in [0.3, 0.4) is 0 Å². The van der Waals surface area contributed by atoms with E-state index in [4.69, 9.17) is 0 Å². The number of benzene rings is 1. The Balaban J connectivity index is 1.72. The highest BCUT2D eigenvalue weighted by molar-refractivity contribution is 7.99. The molecule has 3 rings (SSSR count). The van der Waals surface area contributed by atoms with Crippen LogP contribution in [0.2, 0.25) is 0 Å². The monoisotopic (exact) mass is 262 g/mol. The van der Waals surface area contributed by atoms with Gasteiger partial charge in [0, 0.05) is 10.6 Å². The topological polar surface area (TPSA) is 41.1 Å². The zero-order chi connectivity index (χ0) is 12.4. The van der Waals surface area contributed by atoms with Gasteiger partial charge in [0.1, 0.15) is 0 Å². The fourth-order valence-corrected chi connectivity index (χ4v) is 3.80. The second-order valence-corrected chi connectivity index (χ2v) is 6.02. The van der Waals surface area contributed by atoms with Crippen molar-refractivity contribution in [2.24, 2.45) is 0 Å². The Kier molecular flexibility index (Phi) is 3.57. The molecule has 0 aromatic heterocycles. The van der Waals surface area contributed by atoms with E-state index >= 15 is 0 Å². The van der Waals surface area contributed by atoms with Crippen molar-refractivity contribution in [3.8, 4) is 0 Å². The largest absolute Gasteiger partial charge is 0.348 e. The molecule has 4 heteroatoms. The normalized spacial score (nSPS) is 26.7. The molecule has 2 atom stereocenters. The molecule has 18 heavy (non-hydrogen) atoms. The fourth-order valence-electron chi connectivity index (χ4n) is 2.67. The molecule has 2 aliphatic rings. The number of hydrogen-bond acceptors (Lipinski definition) is 3. The summed E-state index contributed by atoms with van der Waals surface area (Å²) >= 11 is 1.88. The molecule has 1 saturated heterocycles. The van der Waals surface area contributed by atoms with Gasteiger partial charge in [0.2, 0.25) is 5.91 Å². The molecule has 1 aromatic rings. The summed E-state index contributed by atoms with van der Waals surface area (Å²) in [7, 11) is 0. The summed E-state index contributed by atoms with van der Waals surface area (Å²) in [5.74, 6) is 1.25. The molecule has 3 nitrogen and oxygen atoms in total. The maximum absolute atomic E-state index is 12.1. The summed E-state index contributed by atoms with van der Waals surface area (Å²) in [4.78, 5) is 13.5. The van der Waals surface area contributed by atoms with Crippen LogP contribution in [-0.2, 0) is 4.79 Å². The summed E-state index contributed by atoms with van der Waals surface area (Å²) in [5, 5.41) is 6.45. The second-order valence-electron chi connectivity index (χ2n) is 4.89. The standard InChI is InChI=1S/C14H18N2OS/c17-14(12-5-3-8-15-12)16-11-7-9-18-13-6-2-1-4-10(11)13/h1-2,4,6,11-12,15H,3,5,7-9H2,(H,16,17). The summed E-state index contributed by atoms with van der Waals surface area (Å²) in [6.07, 6.45) is 3.10. The Bertz CT molecular complexity index is 443. The van der Waals surface area contributed by atoms with Gasteiger partial charge >= 0.3 is 0 Å². The number of hydrogen-bond donors (Lipinski definition) is 2. The average Bonchev–Trinajstić information content (AvgIpc) is 2.93. The van der Waals surface area contributed by atoms with Crippen LogP contribution in [-0.4, -0.2) is 24.2 Å². The van der Waals surface area contributed by atoms with Gasteiger partial charge in [0.05, 0.1) is 12.1 Å². The zero-order valence-electron chi connectivity index (χ0n) is 10.3. The molecule has 0 bridgehead atoms. The molecule has 2 aliphatic heterocycles. The summed E-state index contributed by atoms with van der Waals surface area (Å²) in [6, 6.07) is 8.61. The van der Waals surface area contributed by atoms with Gasteiger partial charge in [-0.1, -0.05) is 18.2 Å². The van der Waals surface area contributed by atoms with Crippen LogP contribution in [0.15, 0.2) is 29.2 Å². The quantitative estimate of drug-likeness (QED) is 0.857. The number of carbonyl (C=O) groups is 1. The van der Waals surface area contributed by atoms with Crippen LogP contribution < -0.4 is 10.6 Å². The van der Waals surface area contributed by atoms with E-state index in [1.54, 1.807) is 0 Å². The highest BCUT2D eigenvalue weighted by Crippen LogP contribution is 2.35. The SMILES string of the molecule is O=C(NC1CCSc2ccccc21)C1CCCN1. The summed E-state index contributed by atoms with van der Waals surface area (Å²) in [6.45, 7) is 0.967. The van der Waals surface area contributed by atoms with E-state index in [1.165, 1.54) is 10.5 Å². The van der Waals surface area contributed by atoms with Crippen LogP contribution >= 0.6 is 11.8 Å². The van der Waals surface area contributed by atoms with E-state index in [0.29, 0.717) is 0 Å². The zero-order valence-corrected chi connectivity index (χ0v) is 11.1. The first kappa shape index (κ1) is 12.1. The lowest BCUT2D eigenvalue weighted by molar-refractivity contribution is -0.123.